The molecule has 0 saturated carbocycles. The minimum Gasteiger partial charge on any atom is -0.317 e. The van der Waals surface area contributed by atoms with Crippen molar-refractivity contribution >= 4 is 10.9 Å². The number of fused-ring (bicyclic) bond motifs is 2. The minimum atomic E-state index is -4.50. The predicted octanol–water partition coefficient (Wildman–Crippen LogP) is 3.75. The SMILES string of the molecule is O=c1ccc(-c2cc(C(F)(F)F)c3nn(C4CCNCC4)cc3c2)c2n1CCC2. The maximum atomic E-state index is 13.9. The highest BCUT2D eigenvalue weighted by Gasteiger charge is 2.35. The van der Waals surface area contributed by atoms with Crippen LogP contribution in [0.5, 0.6) is 0 Å². The molecular weight excluding hydrogens is 381 g/mol. The van der Waals surface area contributed by atoms with Crippen molar-refractivity contribution in [3.8, 4) is 11.1 Å². The highest BCUT2D eigenvalue weighted by molar-refractivity contribution is 5.88. The van der Waals surface area contributed by atoms with Crippen LogP contribution in [-0.4, -0.2) is 27.4 Å². The second-order valence-electron chi connectivity index (χ2n) is 7.84. The molecule has 1 N–H and O–H groups in total. The zero-order chi connectivity index (χ0) is 20.2. The van der Waals surface area contributed by atoms with Crippen LogP contribution in [-0.2, 0) is 19.1 Å². The maximum Gasteiger partial charge on any atom is 0.418 e. The van der Waals surface area contributed by atoms with E-state index in [1.165, 1.54) is 12.1 Å². The molecule has 0 unspecified atom stereocenters. The monoisotopic (exact) mass is 402 g/mol. The summed E-state index contributed by atoms with van der Waals surface area (Å²) in [4.78, 5) is 12.1. The normalized spacial score (nSPS) is 17.8. The Bertz CT molecular complexity index is 1140. The number of nitrogens with zero attached hydrogens (tertiary/aromatic N) is 3. The fraction of sp³-hybridized carbons (Fsp3) is 0.429. The van der Waals surface area contributed by atoms with Crippen molar-refractivity contribution in [1.29, 1.82) is 0 Å². The van der Waals surface area contributed by atoms with Crippen molar-refractivity contribution in [2.45, 2.75) is 44.4 Å². The van der Waals surface area contributed by atoms with Crippen LogP contribution in [0.1, 0.15) is 36.6 Å². The molecule has 0 radical (unpaired) electrons. The quantitative estimate of drug-likeness (QED) is 0.710. The van der Waals surface area contributed by atoms with Crippen LogP contribution >= 0.6 is 0 Å². The highest BCUT2D eigenvalue weighted by Crippen LogP contribution is 2.39. The summed E-state index contributed by atoms with van der Waals surface area (Å²) in [5.74, 6) is 0. The van der Waals surface area contributed by atoms with Gasteiger partial charge >= 0.3 is 6.18 Å². The molecule has 5 rings (SSSR count). The van der Waals surface area contributed by atoms with Gasteiger partial charge in [-0.05, 0) is 62.5 Å². The van der Waals surface area contributed by atoms with E-state index in [4.69, 9.17) is 0 Å². The molecule has 0 spiro atoms. The van der Waals surface area contributed by atoms with Gasteiger partial charge in [0.1, 0.15) is 5.52 Å². The zero-order valence-electron chi connectivity index (χ0n) is 15.8. The summed E-state index contributed by atoms with van der Waals surface area (Å²) in [7, 11) is 0. The number of rotatable bonds is 2. The van der Waals surface area contributed by atoms with Crippen LogP contribution in [0.2, 0.25) is 0 Å². The largest absolute Gasteiger partial charge is 0.418 e. The Balaban J connectivity index is 1.70. The Labute approximate surface area is 165 Å². The number of nitrogens with one attached hydrogen (secondary N) is 1. The molecule has 2 aliphatic heterocycles. The number of piperidine rings is 1. The molecule has 8 heteroatoms. The lowest BCUT2D eigenvalue weighted by atomic mass is 9.98. The smallest absolute Gasteiger partial charge is 0.317 e. The van der Waals surface area contributed by atoms with Crippen LogP contribution in [0.25, 0.3) is 22.0 Å². The molecule has 1 aromatic carbocycles. The second-order valence-corrected chi connectivity index (χ2v) is 7.84. The van der Waals surface area contributed by atoms with Gasteiger partial charge in [0.05, 0.1) is 11.6 Å². The first-order valence-electron chi connectivity index (χ1n) is 9.96. The van der Waals surface area contributed by atoms with Crippen LogP contribution in [0.4, 0.5) is 13.2 Å². The number of halogens is 3. The van der Waals surface area contributed by atoms with Gasteiger partial charge in [0.25, 0.3) is 5.56 Å². The lowest BCUT2D eigenvalue weighted by Gasteiger charge is -2.22. The highest BCUT2D eigenvalue weighted by atomic mass is 19.4. The summed E-state index contributed by atoms with van der Waals surface area (Å²) in [6.45, 7) is 2.29. The van der Waals surface area contributed by atoms with E-state index in [1.54, 1.807) is 27.6 Å². The molecule has 5 nitrogen and oxygen atoms in total. The number of pyridine rings is 1. The van der Waals surface area contributed by atoms with Crippen LogP contribution in [0.15, 0.2) is 35.3 Å². The minimum absolute atomic E-state index is 0.00970. The summed E-state index contributed by atoms with van der Waals surface area (Å²) in [5, 5.41) is 8.08. The molecule has 152 valence electrons. The van der Waals surface area contributed by atoms with E-state index in [1.807, 2.05) is 0 Å². The lowest BCUT2D eigenvalue weighted by Crippen LogP contribution is -2.29. The first kappa shape index (κ1) is 18.4. The molecule has 0 bridgehead atoms. The summed E-state index contributed by atoms with van der Waals surface area (Å²) < 4.78 is 45.0. The summed E-state index contributed by atoms with van der Waals surface area (Å²) in [5.41, 5.74) is 1.17. The van der Waals surface area contributed by atoms with Crippen LogP contribution in [0.3, 0.4) is 0 Å². The van der Waals surface area contributed by atoms with E-state index in [0.29, 0.717) is 29.5 Å². The Kier molecular flexibility index (Phi) is 4.27. The summed E-state index contributed by atoms with van der Waals surface area (Å²) in [6, 6.07) is 6.15. The summed E-state index contributed by atoms with van der Waals surface area (Å²) in [6.07, 6.45) is 0.442. The van der Waals surface area contributed by atoms with Gasteiger partial charge in [0, 0.05) is 35.5 Å². The Morgan fingerprint density at radius 2 is 1.93 bits per heavy atom. The summed E-state index contributed by atoms with van der Waals surface area (Å²) >= 11 is 0. The molecule has 3 aromatic rings. The zero-order valence-corrected chi connectivity index (χ0v) is 15.8. The van der Waals surface area contributed by atoms with Crippen molar-refractivity contribution in [1.82, 2.24) is 19.7 Å². The molecule has 0 aliphatic carbocycles. The number of hydrogen-bond acceptors (Lipinski definition) is 3. The fourth-order valence-corrected chi connectivity index (χ4v) is 4.59. The molecule has 29 heavy (non-hydrogen) atoms. The Hall–Kier alpha value is -2.61. The average Bonchev–Trinajstić information content (AvgIpc) is 3.35. The van der Waals surface area contributed by atoms with Gasteiger partial charge in [-0.2, -0.15) is 18.3 Å². The van der Waals surface area contributed by atoms with E-state index in [0.717, 1.165) is 38.0 Å². The number of hydrogen-bond donors (Lipinski definition) is 1. The van der Waals surface area contributed by atoms with E-state index in [2.05, 4.69) is 10.4 Å². The van der Waals surface area contributed by atoms with Crippen molar-refractivity contribution in [2.24, 2.45) is 0 Å². The third kappa shape index (κ3) is 3.15. The maximum absolute atomic E-state index is 13.9. The van der Waals surface area contributed by atoms with Gasteiger partial charge < -0.3 is 9.88 Å². The molecule has 2 aliphatic rings. The molecule has 2 aromatic heterocycles. The molecule has 4 heterocycles. The van der Waals surface area contributed by atoms with Gasteiger partial charge in [-0.3, -0.25) is 9.48 Å². The van der Waals surface area contributed by atoms with Crippen molar-refractivity contribution in [2.75, 3.05) is 13.1 Å². The predicted molar refractivity (Wildman–Crippen MR) is 104 cm³/mol. The lowest BCUT2D eigenvalue weighted by molar-refractivity contribution is -0.136. The standard InChI is InChI=1S/C21H21F3N4O/c22-21(23,24)17-11-13(16-3-4-19(29)27-9-1-2-18(16)27)10-14-12-28(26-20(14)17)15-5-7-25-8-6-15/h3-4,10-12,15,25H,1-2,5-9H2. The van der Waals surface area contributed by atoms with E-state index in [-0.39, 0.29) is 17.1 Å². The van der Waals surface area contributed by atoms with Gasteiger partial charge in [0.15, 0.2) is 0 Å². The van der Waals surface area contributed by atoms with Gasteiger partial charge in [0.2, 0.25) is 0 Å². The molecule has 1 saturated heterocycles. The topological polar surface area (TPSA) is 51.9 Å². The van der Waals surface area contributed by atoms with Crippen LogP contribution < -0.4 is 10.9 Å². The molecule has 0 amide bonds. The van der Waals surface area contributed by atoms with Gasteiger partial charge in [-0.25, -0.2) is 0 Å². The van der Waals surface area contributed by atoms with E-state index >= 15 is 0 Å². The van der Waals surface area contributed by atoms with Crippen molar-refractivity contribution in [3.05, 3.63) is 52.1 Å². The van der Waals surface area contributed by atoms with Crippen LogP contribution in [0, 0.1) is 0 Å². The Morgan fingerprint density at radius 3 is 2.69 bits per heavy atom. The number of alkyl halides is 3. The van der Waals surface area contributed by atoms with Crippen molar-refractivity contribution < 1.29 is 13.2 Å². The number of aromatic nitrogens is 3. The first-order valence-corrected chi connectivity index (χ1v) is 9.96. The second kappa shape index (κ2) is 6.73. The number of benzene rings is 1. The van der Waals surface area contributed by atoms with Gasteiger partial charge in [-0.1, -0.05) is 0 Å². The average molecular weight is 402 g/mol. The third-order valence-electron chi connectivity index (χ3n) is 6.02. The van der Waals surface area contributed by atoms with Gasteiger partial charge in [-0.15, -0.1) is 0 Å². The fourth-order valence-electron chi connectivity index (χ4n) is 4.59. The van der Waals surface area contributed by atoms with E-state index < -0.39 is 11.7 Å². The third-order valence-corrected chi connectivity index (χ3v) is 6.02. The molecule has 1 fully saturated rings. The molecule has 0 atom stereocenters. The first-order chi connectivity index (χ1) is 13.9. The van der Waals surface area contributed by atoms with Crippen molar-refractivity contribution in [3.63, 3.8) is 0 Å². The Morgan fingerprint density at radius 1 is 1.14 bits per heavy atom. The molecular formula is C21H21F3N4O. The van der Waals surface area contributed by atoms with E-state index in [9.17, 15) is 18.0 Å².